The number of piperidine rings is 1. The number of sulfonamides is 1. The Bertz CT molecular complexity index is 3020. The SMILES string of the molecule is C[C@@H]1c2c(C(F)(F)F)nn(CC(=O)N[C@@H](Cc3cc(F)cc(F)c3)c3nc4nc(N5CCC6(CC5)CNC(=O)O6)sc4cc3-c3cccc4c(NS(C)(=O)=O)nn(C)c34)c2C(F)(F)[C@@H]1C. The lowest BCUT2D eigenvalue weighted by atomic mass is 9.92. The molecule has 1 spiro atoms. The largest absolute Gasteiger partial charge is 0.441 e. The number of pyridine rings is 1. The van der Waals surface area contributed by atoms with Crippen LogP contribution in [0.2, 0.25) is 0 Å². The minimum absolute atomic E-state index is 0.000894. The number of carbonyl (C=O) groups excluding carboxylic acids is 2. The molecule has 0 saturated carbocycles. The maximum absolute atomic E-state index is 15.7. The average Bonchev–Trinajstić information content (AvgIpc) is 4.01. The summed E-state index contributed by atoms with van der Waals surface area (Å²) in [7, 11) is -2.24. The van der Waals surface area contributed by atoms with Gasteiger partial charge in [0.1, 0.15) is 29.5 Å². The molecule has 2 aliphatic heterocycles. The Morgan fingerprint density at radius 2 is 1.75 bits per heavy atom. The zero-order valence-electron chi connectivity index (χ0n) is 34.9. The number of aryl methyl sites for hydroxylation is 1. The van der Waals surface area contributed by atoms with Crippen molar-refractivity contribution < 1.29 is 53.5 Å². The molecule has 0 bridgehead atoms. The second-order valence-electron chi connectivity index (χ2n) is 16.8. The molecule has 6 heterocycles. The number of amides is 2. The molecular weight excluding hydrogens is 910 g/mol. The molecule has 24 heteroatoms. The summed E-state index contributed by atoms with van der Waals surface area (Å²) in [4.78, 5) is 37.9. The summed E-state index contributed by atoms with van der Waals surface area (Å²) in [6.45, 7) is 2.55. The molecule has 2 saturated heterocycles. The number of hydrogen-bond acceptors (Lipinski definition) is 11. The van der Waals surface area contributed by atoms with Gasteiger partial charge in [-0.15, -0.1) is 0 Å². The minimum atomic E-state index is -5.12. The van der Waals surface area contributed by atoms with E-state index in [0.29, 0.717) is 75.1 Å². The van der Waals surface area contributed by atoms with Crippen molar-refractivity contribution in [3.05, 3.63) is 82.3 Å². The Morgan fingerprint density at radius 3 is 2.40 bits per heavy atom. The highest BCUT2D eigenvalue weighted by Gasteiger charge is 2.57. The Kier molecular flexibility index (Phi) is 10.6. The summed E-state index contributed by atoms with van der Waals surface area (Å²) >= 11 is 1.28. The molecule has 0 unspecified atom stereocenters. The summed E-state index contributed by atoms with van der Waals surface area (Å²) in [6.07, 6.45) is -4.02. The van der Waals surface area contributed by atoms with Crippen molar-refractivity contribution >= 4 is 65.6 Å². The molecule has 2 aromatic carbocycles. The summed E-state index contributed by atoms with van der Waals surface area (Å²) < 4.78 is 139. The Balaban J connectivity index is 1.18. The third-order valence-corrected chi connectivity index (χ3v) is 13.9. The van der Waals surface area contributed by atoms with Gasteiger partial charge in [0.2, 0.25) is 15.9 Å². The number of carbonyl (C=O) groups is 2. The zero-order chi connectivity index (χ0) is 46.5. The second kappa shape index (κ2) is 15.6. The number of alkyl carbamates (subject to hydrolysis) is 1. The molecule has 15 nitrogen and oxygen atoms in total. The number of benzene rings is 2. The van der Waals surface area contributed by atoms with Gasteiger partial charge in [-0.1, -0.05) is 37.3 Å². The molecule has 344 valence electrons. The maximum Gasteiger partial charge on any atom is 0.435 e. The van der Waals surface area contributed by atoms with Crippen LogP contribution in [0.25, 0.3) is 32.4 Å². The van der Waals surface area contributed by atoms with Crippen LogP contribution in [0, 0.1) is 17.6 Å². The molecule has 1 aliphatic carbocycles. The third kappa shape index (κ3) is 8.07. The lowest BCUT2D eigenvalue weighted by Crippen LogP contribution is -2.46. The van der Waals surface area contributed by atoms with Crippen LogP contribution in [-0.4, -0.2) is 81.4 Å². The number of hydrogen-bond donors (Lipinski definition) is 3. The smallest absolute Gasteiger partial charge is 0.435 e. The van der Waals surface area contributed by atoms with E-state index in [2.05, 4.69) is 25.6 Å². The molecule has 2 amide bonds. The van der Waals surface area contributed by atoms with Crippen LogP contribution in [0.3, 0.4) is 0 Å². The topological polar surface area (TPSA) is 178 Å². The highest BCUT2D eigenvalue weighted by atomic mass is 32.2. The Morgan fingerprint density at radius 1 is 1.05 bits per heavy atom. The van der Waals surface area contributed by atoms with Gasteiger partial charge >= 0.3 is 12.3 Å². The number of anilines is 2. The van der Waals surface area contributed by atoms with Crippen molar-refractivity contribution in [1.29, 1.82) is 0 Å². The number of rotatable bonds is 10. The summed E-state index contributed by atoms with van der Waals surface area (Å²) in [5.74, 6) is -9.57. The number of alkyl halides is 5. The van der Waals surface area contributed by atoms with Crippen LogP contribution in [0.5, 0.6) is 0 Å². The van der Waals surface area contributed by atoms with Gasteiger partial charge in [0.15, 0.2) is 22.3 Å². The first-order valence-electron chi connectivity index (χ1n) is 20.3. The van der Waals surface area contributed by atoms with Crippen molar-refractivity contribution in [2.45, 2.75) is 69.3 Å². The molecule has 65 heavy (non-hydrogen) atoms. The van der Waals surface area contributed by atoms with Gasteiger partial charge in [0.05, 0.1) is 34.8 Å². The first kappa shape index (κ1) is 44.2. The van der Waals surface area contributed by atoms with E-state index in [4.69, 9.17) is 14.7 Å². The van der Waals surface area contributed by atoms with Crippen molar-refractivity contribution in [3.8, 4) is 11.1 Å². The van der Waals surface area contributed by atoms with E-state index in [0.717, 1.165) is 25.3 Å². The number of nitrogens with zero attached hydrogens (tertiary/aromatic N) is 7. The molecule has 2 fully saturated rings. The van der Waals surface area contributed by atoms with E-state index in [1.165, 1.54) is 22.9 Å². The third-order valence-electron chi connectivity index (χ3n) is 12.3. The second-order valence-corrected chi connectivity index (χ2v) is 19.5. The quantitative estimate of drug-likeness (QED) is 0.120. The van der Waals surface area contributed by atoms with Crippen molar-refractivity contribution in [3.63, 3.8) is 0 Å². The average molecular weight is 949 g/mol. The van der Waals surface area contributed by atoms with Gasteiger partial charge in [-0.05, 0) is 42.2 Å². The fourth-order valence-corrected chi connectivity index (χ4v) is 10.6. The summed E-state index contributed by atoms with van der Waals surface area (Å²) in [6, 6.07) is 7.97. The van der Waals surface area contributed by atoms with E-state index >= 15 is 8.78 Å². The van der Waals surface area contributed by atoms with E-state index in [1.54, 1.807) is 31.3 Å². The fraction of sp³-hybridized carbons (Fsp3) is 0.415. The van der Waals surface area contributed by atoms with Crippen molar-refractivity contribution in [2.75, 3.05) is 35.5 Å². The predicted octanol–water partition coefficient (Wildman–Crippen LogP) is 7.13. The first-order valence-corrected chi connectivity index (χ1v) is 23.0. The lowest BCUT2D eigenvalue weighted by molar-refractivity contribution is -0.143. The van der Waals surface area contributed by atoms with Crippen LogP contribution in [0.4, 0.5) is 46.5 Å². The standard InChI is InChI=1S/C41H39F7N10O5S2/c1-19-20(2)40(44,45)34-30(19)33(41(46,47)48)53-58(34)17-29(59)50-27(14-21-12-22(42)15-23(43)13-21)31-26(24-6-5-7-25-32(24)56(3)54-35(25)55-65(4,61)62)16-28-36(51-31)52-37(64-28)57-10-8-39(9-11-57)18-49-38(60)63-39/h5-7,12-13,15-16,19-20,27H,8-11,14,17-18H2,1-4H3,(H,49,60)(H,50,59)(H,54,55)/t19-,20+,27-/m0/s1. The van der Waals surface area contributed by atoms with E-state index in [1.807, 2.05) is 4.90 Å². The van der Waals surface area contributed by atoms with Crippen LogP contribution >= 0.6 is 11.3 Å². The number of ether oxygens (including phenoxy) is 1. The van der Waals surface area contributed by atoms with E-state index < -0.39 is 92.7 Å². The molecule has 3 N–H and O–H groups in total. The summed E-state index contributed by atoms with van der Waals surface area (Å²) in [5, 5.41) is 14.2. The van der Waals surface area contributed by atoms with E-state index in [9.17, 15) is 40.0 Å². The number of thiazole rings is 1. The number of aromatic nitrogens is 6. The lowest BCUT2D eigenvalue weighted by Gasteiger charge is -2.36. The molecule has 4 aromatic heterocycles. The van der Waals surface area contributed by atoms with Crippen LogP contribution in [-0.2, 0) is 51.7 Å². The fourth-order valence-electron chi connectivity index (χ4n) is 9.09. The monoisotopic (exact) mass is 948 g/mol. The van der Waals surface area contributed by atoms with Gasteiger partial charge in [-0.2, -0.15) is 37.1 Å². The molecule has 9 rings (SSSR count). The minimum Gasteiger partial charge on any atom is -0.441 e. The maximum atomic E-state index is 15.7. The van der Waals surface area contributed by atoms with Gasteiger partial charge in [-0.25, -0.2) is 27.0 Å². The van der Waals surface area contributed by atoms with Gasteiger partial charge in [-0.3, -0.25) is 18.9 Å². The Hall–Kier alpha value is -6.04. The normalized spacial score (nSPS) is 19.7. The van der Waals surface area contributed by atoms with Crippen LogP contribution in [0.1, 0.15) is 66.9 Å². The molecule has 0 radical (unpaired) electrons. The zero-order valence-corrected chi connectivity index (χ0v) is 36.5. The molecular formula is C41H39F7N10O5S2. The van der Waals surface area contributed by atoms with Gasteiger partial charge in [0.25, 0.3) is 5.92 Å². The van der Waals surface area contributed by atoms with Crippen LogP contribution in [0.15, 0.2) is 42.5 Å². The van der Waals surface area contributed by atoms with Crippen molar-refractivity contribution in [2.24, 2.45) is 13.0 Å². The number of fused-ring (bicyclic) bond motifs is 3. The van der Waals surface area contributed by atoms with Gasteiger partial charge in [0, 0.05) is 67.0 Å². The highest BCUT2D eigenvalue weighted by Crippen LogP contribution is 2.55. The molecule has 3 aliphatic rings. The summed E-state index contributed by atoms with van der Waals surface area (Å²) in [5.41, 5.74) is -2.57. The predicted molar refractivity (Wildman–Crippen MR) is 224 cm³/mol. The number of nitrogens with one attached hydrogen (secondary N) is 3. The van der Waals surface area contributed by atoms with Crippen LogP contribution < -0.4 is 20.3 Å². The highest BCUT2D eigenvalue weighted by molar-refractivity contribution is 7.92. The van der Waals surface area contributed by atoms with Gasteiger partial charge < -0.3 is 20.3 Å². The Labute approximate surface area is 369 Å². The van der Waals surface area contributed by atoms with Crippen molar-refractivity contribution in [1.82, 2.24) is 40.2 Å². The number of para-hydroxylation sites is 1. The molecule has 3 atom stereocenters. The first-order chi connectivity index (χ1) is 30.5. The number of halogens is 7. The molecule has 6 aromatic rings. The van der Waals surface area contributed by atoms with E-state index in [-0.39, 0.29) is 29.1 Å².